The van der Waals surface area contributed by atoms with Gasteiger partial charge in [0, 0.05) is 39.3 Å². The summed E-state index contributed by atoms with van der Waals surface area (Å²) < 4.78 is 5.73. The summed E-state index contributed by atoms with van der Waals surface area (Å²) in [6.45, 7) is 8.36. The summed E-state index contributed by atoms with van der Waals surface area (Å²) in [5.74, 6) is 1.88. The third-order valence-corrected chi connectivity index (χ3v) is 6.49. The summed E-state index contributed by atoms with van der Waals surface area (Å²) in [7, 11) is 1.84. The average molecular weight is 537 g/mol. The van der Waals surface area contributed by atoms with Crippen molar-refractivity contribution in [2.24, 2.45) is 4.99 Å². The van der Waals surface area contributed by atoms with Gasteiger partial charge in [0.1, 0.15) is 5.76 Å². The van der Waals surface area contributed by atoms with Crippen LogP contribution < -0.4 is 10.6 Å². The van der Waals surface area contributed by atoms with E-state index in [2.05, 4.69) is 62.7 Å². The smallest absolute Gasteiger partial charge is 0.191 e. The van der Waals surface area contributed by atoms with Crippen LogP contribution in [0.25, 0.3) is 0 Å². The minimum Gasteiger partial charge on any atom is -0.468 e. The van der Waals surface area contributed by atoms with Crippen LogP contribution in [-0.2, 0) is 13.0 Å². The minimum absolute atomic E-state index is 0. The van der Waals surface area contributed by atoms with Crippen LogP contribution in [0.2, 0.25) is 0 Å². The molecule has 170 valence electrons. The largest absolute Gasteiger partial charge is 0.468 e. The van der Waals surface area contributed by atoms with Crippen LogP contribution in [0.15, 0.2) is 52.1 Å². The lowest BCUT2D eigenvalue weighted by Crippen LogP contribution is -2.48. The number of benzene rings is 1. The highest BCUT2D eigenvalue weighted by molar-refractivity contribution is 14.0. The van der Waals surface area contributed by atoms with E-state index in [1.165, 1.54) is 24.0 Å². The van der Waals surface area contributed by atoms with Crippen LogP contribution in [0.5, 0.6) is 0 Å². The van der Waals surface area contributed by atoms with Crippen molar-refractivity contribution < 1.29 is 4.42 Å². The average Bonchev–Trinajstić information content (AvgIpc) is 3.50. The molecule has 3 heterocycles. The quantitative estimate of drug-likeness (QED) is 0.321. The molecule has 0 bridgehead atoms. The molecule has 2 N–H and O–H groups in total. The molecule has 31 heavy (non-hydrogen) atoms. The van der Waals surface area contributed by atoms with E-state index in [9.17, 15) is 0 Å². The van der Waals surface area contributed by atoms with Gasteiger partial charge in [-0.25, -0.2) is 0 Å². The highest BCUT2D eigenvalue weighted by atomic mass is 127. The second-order valence-electron chi connectivity index (χ2n) is 8.45. The van der Waals surface area contributed by atoms with Crippen LogP contribution in [0.3, 0.4) is 0 Å². The molecule has 2 atom stereocenters. The number of rotatable bonds is 7. The maximum Gasteiger partial charge on any atom is 0.191 e. The van der Waals surface area contributed by atoms with Gasteiger partial charge in [-0.3, -0.25) is 14.8 Å². The maximum atomic E-state index is 5.73. The van der Waals surface area contributed by atoms with Crippen LogP contribution in [-0.4, -0.2) is 61.6 Å². The highest BCUT2D eigenvalue weighted by Crippen LogP contribution is 2.25. The van der Waals surface area contributed by atoms with Crippen molar-refractivity contribution in [1.29, 1.82) is 0 Å². The predicted octanol–water partition coefficient (Wildman–Crippen LogP) is 3.65. The zero-order valence-electron chi connectivity index (χ0n) is 18.7. The number of nitrogens with one attached hydrogen (secondary N) is 2. The Labute approximate surface area is 203 Å². The summed E-state index contributed by atoms with van der Waals surface area (Å²) in [6, 6.07) is 13.6. The van der Waals surface area contributed by atoms with Gasteiger partial charge in [0.25, 0.3) is 0 Å². The molecule has 2 unspecified atom stereocenters. The molecule has 0 saturated carbocycles. The SMILES string of the molecule is CN=C(NCC(C)N1CCc2ccccc2C1)NCC(c1ccco1)N1CCCC1.I. The first kappa shape index (κ1) is 24.1. The number of hydrogen-bond acceptors (Lipinski definition) is 4. The van der Waals surface area contributed by atoms with Gasteiger partial charge in [-0.05, 0) is 62.5 Å². The first-order valence-electron chi connectivity index (χ1n) is 11.3. The van der Waals surface area contributed by atoms with Gasteiger partial charge < -0.3 is 15.1 Å². The normalized spacial score (nSPS) is 19.4. The van der Waals surface area contributed by atoms with Gasteiger partial charge in [-0.1, -0.05) is 24.3 Å². The van der Waals surface area contributed by atoms with E-state index in [4.69, 9.17) is 4.42 Å². The van der Waals surface area contributed by atoms with Gasteiger partial charge in [-0.2, -0.15) is 0 Å². The fourth-order valence-corrected chi connectivity index (χ4v) is 4.62. The summed E-state index contributed by atoms with van der Waals surface area (Å²) >= 11 is 0. The molecule has 0 spiro atoms. The molecule has 1 aromatic heterocycles. The van der Waals surface area contributed by atoms with E-state index in [1.54, 1.807) is 6.26 Å². The number of halogens is 1. The van der Waals surface area contributed by atoms with Gasteiger partial charge in [0.2, 0.25) is 0 Å². The molecule has 2 aliphatic rings. The Morgan fingerprint density at radius 3 is 2.45 bits per heavy atom. The third kappa shape index (κ3) is 6.23. The fraction of sp³-hybridized carbons (Fsp3) is 0.542. The van der Waals surface area contributed by atoms with Gasteiger partial charge in [-0.15, -0.1) is 24.0 Å². The van der Waals surface area contributed by atoms with E-state index < -0.39 is 0 Å². The zero-order valence-corrected chi connectivity index (χ0v) is 21.0. The second-order valence-corrected chi connectivity index (χ2v) is 8.45. The molecule has 0 aliphatic carbocycles. The highest BCUT2D eigenvalue weighted by Gasteiger charge is 2.26. The summed E-state index contributed by atoms with van der Waals surface area (Å²) in [6.07, 6.45) is 5.43. The van der Waals surface area contributed by atoms with Crippen molar-refractivity contribution in [3.8, 4) is 0 Å². The molecule has 7 heteroatoms. The molecule has 2 aliphatic heterocycles. The summed E-state index contributed by atoms with van der Waals surface area (Å²) in [4.78, 5) is 9.51. The van der Waals surface area contributed by atoms with Crippen LogP contribution in [0, 0.1) is 0 Å². The number of guanidine groups is 1. The summed E-state index contributed by atoms with van der Waals surface area (Å²) in [5.41, 5.74) is 2.96. The van der Waals surface area contributed by atoms with Gasteiger partial charge in [0.15, 0.2) is 5.96 Å². The van der Waals surface area contributed by atoms with E-state index >= 15 is 0 Å². The fourth-order valence-electron chi connectivity index (χ4n) is 4.62. The molecule has 4 rings (SSSR count). The van der Waals surface area contributed by atoms with E-state index in [0.717, 1.165) is 57.4 Å². The molecule has 0 amide bonds. The van der Waals surface area contributed by atoms with Crippen molar-refractivity contribution in [2.45, 2.75) is 44.8 Å². The molecule has 1 aromatic carbocycles. The zero-order chi connectivity index (χ0) is 20.8. The molecule has 1 saturated heterocycles. The van der Waals surface area contributed by atoms with Crippen molar-refractivity contribution in [3.05, 3.63) is 59.5 Å². The number of fused-ring (bicyclic) bond motifs is 1. The Bertz CT molecular complexity index is 819. The molecular weight excluding hydrogens is 501 g/mol. The van der Waals surface area contributed by atoms with Crippen LogP contribution in [0.1, 0.15) is 42.7 Å². The Morgan fingerprint density at radius 1 is 1.00 bits per heavy atom. The molecule has 1 fully saturated rings. The van der Waals surface area contributed by atoms with Gasteiger partial charge >= 0.3 is 0 Å². The van der Waals surface area contributed by atoms with E-state index in [0.29, 0.717) is 6.04 Å². The van der Waals surface area contributed by atoms with Crippen molar-refractivity contribution in [2.75, 3.05) is 39.8 Å². The number of hydrogen-bond donors (Lipinski definition) is 2. The number of likely N-dealkylation sites (tertiary alicyclic amines) is 1. The maximum absolute atomic E-state index is 5.73. The Balaban J connectivity index is 0.00000272. The van der Waals surface area contributed by atoms with Crippen molar-refractivity contribution in [1.82, 2.24) is 20.4 Å². The minimum atomic E-state index is 0. The van der Waals surface area contributed by atoms with Crippen molar-refractivity contribution >= 4 is 29.9 Å². The van der Waals surface area contributed by atoms with Gasteiger partial charge in [0.05, 0.1) is 12.3 Å². The Morgan fingerprint density at radius 2 is 1.74 bits per heavy atom. The van der Waals surface area contributed by atoms with Crippen LogP contribution >= 0.6 is 24.0 Å². The van der Waals surface area contributed by atoms with E-state index in [-0.39, 0.29) is 30.0 Å². The lowest BCUT2D eigenvalue weighted by molar-refractivity contribution is 0.191. The van der Waals surface area contributed by atoms with Crippen LogP contribution in [0.4, 0.5) is 0 Å². The standard InChI is InChI=1S/C24H35N5O.HI/c1-19(29-14-11-20-8-3-4-9-21(20)18-29)16-26-24(25-2)27-17-22(23-10-7-15-30-23)28-12-5-6-13-28;/h3-4,7-10,15,19,22H,5-6,11-14,16-18H2,1-2H3,(H2,25,26,27);1H. The Kier molecular flexibility index (Phi) is 9.22. The first-order chi connectivity index (χ1) is 14.7. The number of nitrogens with zero attached hydrogens (tertiary/aromatic N) is 3. The lowest BCUT2D eigenvalue weighted by Gasteiger charge is -2.34. The topological polar surface area (TPSA) is 56.0 Å². The monoisotopic (exact) mass is 537 g/mol. The van der Waals surface area contributed by atoms with E-state index in [1.807, 2.05) is 13.1 Å². The first-order valence-corrected chi connectivity index (χ1v) is 11.3. The lowest BCUT2D eigenvalue weighted by atomic mass is 9.99. The predicted molar refractivity (Wildman–Crippen MR) is 137 cm³/mol. The Hall–Kier alpha value is -1.58. The molecule has 6 nitrogen and oxygen atoms in total. The molecular formula is C24H36IN5O. The molecule has 2 aromatic rings. The molecule has 0 radical (unpaired) electrons. The number of furan rings is 1. The second kappa shape index (κ2) is 11.9. The third-order valence-electron chi connectivity index (χ3n) is 6.49. The summed E-state index contributed by atoms with van der Waals surface area (Å²) in [5, 5.41) is 7.06. The number of aliphatic imine (C=N–C) groups is 1. The van der Waals surface area contributed by atoms with Crippen molar-refractivity contribution in [3.63, 3.8) is 0 Å².